The van der Waals surface area contributed by atoms with Crippen molar-refractivity contribution in [2.45, 2.75) is 39.3 Å². The van der Waals surface area contributed by atoms with Gasteiger partial charge in [0, 0.05) is 25.2 Å². The van der Waals surface area contributed by atoms with Gasteiger partial charge in [0.05, 0.1) is 36.0 Å². The van der Waals surface area contributed by atoms with Crippen LogP contribution < -0.4 is 15.4 Å². The number of aromatic nitrogens is 5. The summed E-state index contributed by atoms with van der Waals surface area (Å²) in [5.74, 6) is 2.05. The lowest BCUT2D eigenvalue weighted by molar-refractivity contribution is 0.212. The number of ether oxygens (including phenoxy) is 1. The second kappa shape index (κ2) is 11.0. The summed E-state index contributed by atoms with van der Waals surface area (Å²) < 4.78 is 8.04. The summed E-state index contributed by atoms with van der Waals surface area (Å²) in [6, 6.07) is 4.48. The van der Waals surface area contributed by atoms with Crippen LogP contribution in [0.5, 0.6) is 11.6 Å². The van der Waals surface area contributed by atoms with Gasteiger partial charge in [-0.1, -0.05) is 0 Å². The lowest BCUT2D eigenvalue weighted by Gasteiger charge is -2.28. The third-order valence-electron chi connectivity index (χ3n) is 6.35. The van der Waals surface area contributed by atoms with E-state index in [2.05, 4.69) is 51.7 Å². The van der Waals surface area contributed by atoms with E-state index in [0.29, 0.717) is 17.5 Å². The highest BCUT2D eigenvalue weighted by Gasteiger charge is 2.20. The van der Waals surface area contributed by atoms with Crippen LogP contribution in [0.3, 0.4) is 0 Å². The minimum atomic E-state index is 0.243. The third-order valence-corrected chi connectivity index (χ3v) is 6.35. The van der Waals surface area contributed by atoms with Gasteiger partial charge in [-0.25, -0.2) is 15.0 Å². The molecule has 0 aliphatic carbocycles. The minimum absolute atomic E-state index is 0.243. The van der Waals surface area contributed by atoms with Crippen LogP contribution in [-0.2, 0) is 6.54 Å². The summed E-state index contributed by atoms with van der Waals surface area (Å²) in [6.07, 6.45) is 7.46. The van der Waals surface area contributed by atoms with Gasteiger partial charge in [-0.15, -0.1) is 0 Å². The van der Waals surface area contributed by atoms with E-state index in [1.807, 2.05) is 31.0 Å². The summed E-state index contributed by atoms with van der Waals surface area (Å²) in [5, 5.41) is 4.53. The Morgan fingerprint density at radius 1 is 1.09 bits per heavy atom. The van der Waals surface area contributed by atoms with Crippen LogP contribution in [-0.4, -0.2) is 81.9 Å². The molecule has 4 heterocycles. The van der Waals surface area contributed by atoms with Gasteiger partial charge in [0.15, 0.2) is 11.6 Å². The van der Waals surface area contributed by atoms with Gasteiger partial charge in [0.25, 0.3) is 5.88 Å². The van der Waals surface area contributed by atoms with Crippen molar-refractivity contribution in [3.8, 4) is 22.9 Å². The predicted molar refractivity (Wildman–Crippen MR) is 139 cm³/mol. The molecule has 188 valence electrons. The first-order valence-corrected chi connectivity index (χ1v) is 12.3. The third kappa shape index (κ3) is 6.07. The molecular weight excluding hydrogens is 442 g/mol. The molecule has 0 radical (unpaired) electrons. The maximum Gasteiger partial charge on any atom is 0.263 e. The normalized spacial score (nSPS) is 15.0. The van der Waals surface area contributed by atoms with E-state index >= 15 is 0 Å². The molecule has 4 rings (SSSR count). The molecule has 1 fully saturated rings. The van der Waals surface area contributed by atoms with Crippen molar-refractivity contribution in [2.75, 3.05) is 58.0 Å². The maximum absolute atomic E-state index is 6.14. The summed E-state index contributed by atoms with van der Waals surface area (Å²) in [7, 11) is 6.22. The van der Waals surface area contributed by atoms with Crippen LogP contribution in [0.2, 0.25) is 0 Å². The number of nitrogens with zero attached hydrogens (tertiary/aromatic N) is 8. The second-order valence-corrected chi connectivity index (χ2v) is 9.35. The van der Waals surface area contributed by atoms with Gasteiger partial charge < -0.3 is 25.2 Å². The highest BCUT2D eigenvalue weighted by molar-refractivity contribution is 5.65. The zero-order valence-electron chi connectivity index (χ0n) is 21.5. The van der Waals surface area contributed by atoms with E-state index in [1.54, 1.807) is 12.4 Å². The molecule has 35 heavy (non-hydrogen) atoms. The van der Waals surface area contributed by atoms with Crippen LogP contribution >= 0.6 is 0 Å². The number of rotatable bonds is 9. The Labute approximate surface area is 207 Å². The highest BCUT2D eigenvalue weighted by Crippen LogP contribution is 2.30. The van der Waals surface area contributed by atoms with E-state index in [0.717, 1.165) is 62.6 Å². The number of piperidine rings is 1. The van der Waals surface area contributed by atoms with Crippen LogP contribution in [0.15, 0.2) is 30.7 Å². The van der Waals surface area contributed by atoms with Gasteiger partial charge >= 0.3 is 0 Å². The fourth-order valence-corrected chi connectivity index (χ4v) is 4.37. The second-order valence-electron chi connectivity index (χ2n) is 9.35. The van der Waals surface area contributed by atoms with Crippen LogP contribution in [0.4, 0.5) is 11.6 Å². The lowest BCUT2D eigenvalue weighted by atomic mass is 10.1. The molecule has 2 N–H and O–H groups in total. The minimum Gasteiger partial charge on any atom is -0.433 e. The first-order chi connectivity index (χ1) is 16.9. The Morgan fingerprint density at radius 3 is 2.51 bits per heavy atom. The Kier molecular flexibility index (Phi) is 7.82. The summed E-state index contributed by atoms with van der Waals surface area (Å²) in [6.45, 7) is 8.87. The van der Waals surface area contributed by atoms with Crippen LogP contribution in [0.1, 0.15) is 38.4 Å². The van der Waals surface area contributed by atoms with Gasteiger partial charge in [0.1, 0.15) is 5.82 Å². The number of anilines is 2. The Hall–Kier alpha value is -3.24. The van der Waals surface area contributed by atoms with E-state index in [4.69, 9.17) is 20.4 Å². The Bertz CT molecular complexity index is 1120. The van der Waals surface area contributed by atoms with Gasteiger partial charge in [-0.2, -0.15) is 5.10 Å². The first kappa shape index (κ1) is 24.9. The van der Waals surface area contributed by atoms with E-state index in [1.165, 1.54) is 0 Å². The molecule has 10 nitrogen and oxygen atoms in total. The molecule has 3 aromatic rings. The predicted octanol–water partition coefficient (Wildman–Crippen LogP) is 3.28. The maximum atomic E-state index is 6.14. The average molecular weight is 480 g/mol. The quantitative estimate of drug-likeness (QED) is 0.495. The molecule has 0 saturated carbocycles. The van der Waals surface area contributed by atoms with E-state index in [9.17, 15) is 0 Å². The molecule has 3 aromatic heterocycles. The fraction of sp³-hybridized carbons (Fsp3) is 0.520. The van der Waals surface area contributed by atoms with Crippen LogP contribution in [0, 0.1) is 0 Å². The molecule has 0 bridgehead atoms. The topological polar surface area (TPSA) is 101 Å². The average Bonchev–Trinajstić information content (AvgIpc) is 3.30. The number of likely N-dealkylation sites (tertiary alicyclic amines) is 1. The van der Waals surface area contributed by atoms with Crippen molar-refractivity contribution in [2.24, 2.45) is 0 Å². The van der Waals surface area contributed by atoms with Gasteiger partial charge in [0.2, 0.25) is 0 Å². The molecular formula is C25H37N9O. The summed E-state index contributed by atoms with van der Waals surface area (Å²) in [4.78, 5) is 20.6. The number of pyridine rings is 1. The van der Waals surface area contributed by atoms with Crippen molar-refractivity contribution in [3.05, 3.63) is 36.4 Å². The molecule has 0 atom stereocenters. The largest absolute Gasteiger partial charge is 0.433 e. The number of nitrogen functional groups attached to an aromatic ring is 1. The zero-order valence-corrected chi connectivity index (χ0v) is 21.5. The SMILES string of the molecule is CCN(CC)c1cc(-c2cnc(N)c(Oc3cnn(C4CCN(C)CC4)c3)n2)cc(CN(C)C)n1. The fourth-order valence-electron chi connectivity index (χ4n) is 4.37. The number of nitrogens with two attached hydrogens (primary N) is 1. The van der Waals surface area contributed by atoms with E-state index in [-0.39, 0.29) is 11.7 Å². The smallest absolute Gasteiger partial charge is 0.263 e. The highest BCUT2D eigenvalue weighted by atomic mass is 16.5. The summed E-state index contributed by atoms with van der Waals surface area (Å²) >= 11 is 0. The molecule has 0 aromatic carbocycles. The van der Waals surface area contributed by atoms with Gasteiger partial charge in [-0.3, -0.25) is 4.68 Å². The lowest BCUT2D eigenvalue weighted by Crippen LogP contribution is -2.31. The van der Waals surface area contributed by atoms with Crippen molar-refractivity contribution >= 4 is 11.6 Å². The molecule has 10 heteroatoms. The zero-order chi connectivity index (χ0) is 24.9. The molecule has 1 saturated heterocycles. The monoisotopic (exact) mass is 479 g/mol. The van der Waals surface area contributed by atoms with Crippen molar-refractivity contribution in [3.63, 3.8) is 0 Å². The van der Waals surface area contributed by atoms with Gasteiger partial charge in [-0.05, 0) is 73.1 Å². The molecule has 0 amide bonds. The van der Waals surface area contributed by atoms with Crippen molar-refractivity contribution < 1.29 is 4.74 Å². The molecule has 0 spiro atoms. The first-order valence-electron chi connectivity index (χ1n) is 12.3. The molecule has 1 aliphatic rings. The van der Waals surface area contributed by atoms with Crippen molar-refractivity contribution in [1.82, 2.24) is 34.5 Å². The Morgan fingerprint density at radius 2 is 1.83 bits per heavy atom. The standard InChI is InChI=1S/C25H37N9O/c1-6-33(7-2)23-13-18(12-19(29-23)16-31(3)4)22-15-27-24(26)25(30-22)35-21-14-28-34(17-21)20-8-10-32(5)11-9-20/h12-15,17,20H,6-11,16H2,1-5H3,(H2,26,27). The Balaban J connectivity index is 1.60. The van der Waals surface area contributed by atoms with Crippen molar-refractivity contribution in [1.29, 1.82) is 0 Å². The number of hydrogen-bond acceptors (Lipinski definition) is 9. The molecule has 1 aliphatic heterocycles. The van der Waals surface area contributed by atoms with E-state index < -0.39 is 0 Å². The van der Waals surface area contributed by atoms with Crippen LogP contribution in [0.25, 0.3) is 11.3 Å². The molecule has 0 unspecified atom stereocenters. The summed E-state index contributed by atoms with van der Waals surface area (Å²) in [5.41, 5.74) is 8.72. The number of hydrogen-bond donors (Lipinski definition) is 1.